The third kappa shape index (κ3) is 3.86. The van der Waals surface area contributed by atoms with Crippen molar-refractivity contribution in [3.05, 3.63) is 104 Å². The minimum Gasteiger partial charge on any atom is -0.354 e. The third-order valence-corrected chi connectivity index (χ3v) is 5.64. The Morgan fingerprint density at radius 2 is 1.74 bits per heavy atom. The Hall–Kier alpha value is -4.91. The summed E-state index contributed by atoms with van der Waals surface area (Å²) in [6.45, 7) is 4.18. The average Bonchev–Trinajstić information content (AvgIpc) is 3.51. The Bertz CT molecular complexity index is 1630. The SMILES string of the molecule is C=C(Nc1ccccc1)c1cc2ccc(-c3nccc(Nc4ccc5[nH]ncc5c4)n3)cc2[nH]1. The van der Waals surface area contributed by atoms with Crippen LogP contribution in [0.3, 0.4) is 0 Å². The molecule has 0 atom stereocenters. The lowest BCUT2D eigenvalue weighted by atomic mass is 10.1. The first kappa shape index (κ1) is 19.8. The summed E-state index contributed by atoms with van der Waals surface area (Å²) in [5.41, 5.74) is 6.59. The number of hydrogen-bond donors (Lipinski definition) is 4. The maximum atomic E-state index is 4.72. The van der Waals surface area contributed by atoms with Gasteiger partial charge in [-0.15, -0.1) is 0 Å². The molecule has 0 spiro atoms. The zero-order valence-corrected chi connectivity index (χ0v) is 18.2. The number of aromatic nitrogens is 5. The summed E-state index contributed by atoms with van der Waals surface area (Å²) in [5.74, 6) is 1.37. The van der Waals surface area contributed by atoms with Gasteiger partial charge in [0.1, 0.15) is 5.82 Å². The predicted octanol–water partition coefficient (Wildman–Crippen LogP) is 6.33. The summed E-state index contributed by atoms with van der Waals surface area (Å²) >= 11 is 0. The van der Waals surface area contributed by atoms with Crippen LogP contribution in [0.1, 0.15) is 5.69 Å². The van der Waals surface area contributed by atoms with E-state index >= 15 is 0 Å². The van der Waals surface area contributed by atoms with Crippen LogP contribution in [0.5, 0.6) is 0 Å². The largest absolute Gasteiger partial charge is 0.354 e. The fourth-order valence-electron chi connectivity index (χ4n) is 3.93. The van der Waals surface area contributed by atoms with E-state index < -0.39 is 0 Å². The fraction of sp³-hybridized carbons (Fsp3) is 0. The molecule has 0 aliphatic carbocycles. The number of nitrogens with zero attached hydrogens (tertiary/aromatic N) is 3. The second-order valence-corrected chi connectivity index (χ2v) is 8.02. The molecule has 0 saturated carbocycles. The van der Waals surface area contributed by atoms with Gasteiger partial charge in [-0.05, 0) is 48.5 Å². The third-order valence-electron chi connectivity index (χ3n) is 5.64. The van der Waals surface area contributed by atoms with E-state index in [-0.39, 0.29) is 0 Å². The number of nitrogens with one attached hydrogen (secondary N) is 4. The van der Waals surface area contributed by atoms with Crippen molar-refractivity contribution in [2.24, 2.45) is 0 Å². The monoisotopic (exact) mass is 443 g/mol. The van der Waals surface area contributed by atoms with Crippen LogP contribution in [-0.4, -0.2) is 25.1 Å². The van der Waals surface area contributed by atoms with E-state index in [0.717, 1.165) is 56.0 Å². The number of H-pyrrole nitrogens is 2. The van der Waals surface area contributed by atoms with Gasteiger partial charge in [-0.2, -0.15) is 5.10 Å². The molecule has 6 aromatic rings. The molecule has 34 heavy (non-hydrogen) atoms. The van der Waals surface area contributed by atoms with E-state index in [1.54, 1.807) is 12.4 Å². The first-order valence-corrected chi connectivity index (χ1v) is 10.9. The molecule has 6 rings (SSSR count). The van der Waals surface area contributed by atoms with Gasteiger partial charge < -0.3 is 15.6 Å². The molecule has 0 radical (unpaired) electrons. The molecular weight excluding hydrogens is 422 g/mol. The molecule has 3 aromatic carbocycles. The molecule has 3 aromatic heterocycles. The summed E-state index contributed by atoms with van der Waals surface area (Å²) in [5, 5.41) is 15.9. The fourth-order valence-corrected chi connectivity index (χ4v) is 3.93. The highest BCUT2D eigenvalue weighted by Gasteiger charge is 2.09. The Morgan fingerprint density at radius 1 is 0.824 bits per heavy atom. The molecular formula is C27H21N7. The van der Waals surface area contributed by atoms with Crippen molar-refractivity contribution in [2.75, 3.05) is 10.6 Å². The number of para-hydroxylation sites is 1. The molecule has 3 heterocycles. The van der Waals surface area contributed by atoms with E-state index in [1.807, 2.05) is 60.7 Å². The maximum Gasteiger partial charge on any atom is 0.161 e. The lowest BCUT2D eigenvalue weighted by molar-refractivity contribution is 1.12. The van der Waals surface area contributed by atoms with E-state index in [9.17, 15) is 0 Å². The van der Waals surface area contributed by atoms with Crippen LogP contribution in [0.25, 0.3) is 38.9 Å². The molecule has 0 aliphatic rings. The number of hydrogen-bond acceptors (Lipinski definition) is 5. The van der Waals surface area contributed by atoms with Gasteiger partial charge in [0, 0.05) is 39.4 Å². The number of aromatic amines is 2. The van der Waals surface area contributed by atoms with Crippen LogP contribution >= 0.6 is 0 Å². The quantitative estimate of drug-likeness (QED) is 0.241. The van der Waals surface area contributed by atoms with Crippen molar-refractivity contribution in [1.29, 1.82) is 0 Å². The van der Waals surface area contributed by atoms with Gasteiger partial charge in [0.2, 0.25) is 0 Å². The van der Waals surface area contributed by atoms with Gasteiger partial charge in [-0.3, -0.25) is 5.10 Å². The topological polar surface area (TPSA) is 94.3 Å². The molecule has 0 aliphatic heterocycles. The molecule has 164 valence electrons. The normalized spacial score (nSPS) is 11.1. The van der Waals surface area contributed by atoms with Gasteiger partial charge >= 0.3 is 0 Å². The standard InChI is InChI=1S/C27H21N7/c1-17(30-21-5-3-2-4-6-21)24-14-18-7-8-19(15-25(18)32-24)27-28-12-11-26(33-27)31-22-9-10-23-20(13-22)16-29-34-23/h2-16,30,32H,1H2,(H,29,34)(H,28,31,33). The highest BCUT2D eigenvalue weighted by molar-refractivity contribution is 5.89. The Labute approximate surface area is 195 Å². The maximum absolute atomic E-state index is 4.72. The molecule has 7 nitrogen and oxygen atoms in total. The zero-order valence-electron chi connectivity index (χ0n) is 18.2. The lowest BCUT2D eigenvalue weighted by Crippen LogP contribution is -1.97. The van der Waals surface area contributed by atoms with E-state index in [2.05, 4.69) is 55.6 Å². The Kier molecular flexibility index (Phi) is 4.77. The van der Waals surface area contributed by atoms with Crippen LogP contribution < -0.4 is 10.6 Å². The van der Waals surface area contributed by atoms with Crippen molar-refractivity contribution >= 4 is 44.7 Å². The van der Waals surface area contributed by atoms with Crippen LogP contribution in [0.2, 0.25) is 0 Å². The first-order chi connectivity index (χ1) is 16.7. The number of benzene rings is 3. The lowest BCUT2D eigenvalue weighted by Gasteiger charge is -2.08. The smallest absolute Gasteiger partial charge is 0.161 e. The number of rotatable bonds is 6. The van der Waals surface area contributed by atoms with E-state index in [4.69, 9.17) is 4.98 Å². The molecule has 4 N–H and O–H groups in total. The van der Waals surface area contributed by atoms with Crippen molar-refractivity contribution in [1.82, 2.24) is 25.1 Å². The summed E-state index contributed by atoms with van der Waals surface area (Å²) in [6.07, 6.45) is 3.56. The van der Waals surface area contributed by atoms with Gasteiger partial charge in [0.25, 0.3) is 0 Å². The molecule has 0 saturated heterocycles. The van der Waals surface area contributed by atoms with Crippen molar-refractivity contribution in [3.8, 4) is 11.4 Å². The molecule has 0 amide bonds. The predicted molar refractivity (Wildman–Crippen MR) is 138 cm³/mol. The minimum atomic E-state index is 0.647. The summed E-state index contributed by atoms with van der Waals surface area (Å²) < 4.78 is 0. The van der Waals surface area contributed by atoms with Crippen LogP contribution in [-0.2, 0) is 0 Å². The second-order valence-electron chi connectivity index (χ2n) is 8.02. The highest BCUT2D eigenvalue weighted by atomic mass is 15.1. The molecule has 7 heteroatoms. The summed E-state index contributed by atoms with van der Waals surface area (Å²) in [4.78, 5) is 12.7. The number of fused-ring (bicyclic) bond motifs is 2. The molecule has 0 fully saturated rings. The minimum absolute atomic E-state index is 0.647. The second kappa shape index (κ2) is 8.22. The van der Waals surface area contributed by atoms with Crippen LogP contribution in [0.15, 0.2) is 97.8 Å². The van der Waals surface area contributed by atoms with Gasteiger partial charge in [-0.25, -0.2) is 9.97 Å². The van der Waals surface area contributed by atoms with Crippen molar-refractivity contribution in [2.45, 2.75) is 0 Å². The van der Waals surface area contributed by atoms with Crippen LogP contribution in [0, 0.1) is 0 Å². The average molecular weight is 444 g/mol. The van der Waals surface area contributed by atoms with Crippen LogP contribution in [0.4, 0.5) is 17.2 Å². The van der Waals surface area contributed by atoms with E-state index in [0.29, 0.717) is 5.82 Å². The highest BCUT2D eigenvalue weighted by Crippen LogP contribution is 2.27. The number of anilines is 3. The van der Waals surface area contributed by atoms with Gasteiger partial charge in [0.05, 0.1) is 23.1 Å². The molecule has 0 bridgehead atoms. The van der Waals surface area contributed by atoms with Gasteiger partial charge in [-0.1, -0.05) is 36.9 Å². The summed E-state index contributed by atoms with van der Waals surface area (Å²) in [6, 6.07) is 26.1. The molecule has 0 unspecified atom stereocenters. The van der Waals surface area contributed by atoms with E-state index in [1.165, 1.54) is 0 Å². The zero-order chi connectivity index (χ0) is 22.9. The Morgan fingerprint density at radius 3 is 2.65 bits per heavy atom. The first-order valence-electron chi connectivity index (χ1n) is 10.9. The Balaban J connectivity index is 1.25. The van der Waals surface area contributed by atoms with Crippen molar-refractivity contribution < 1.29 is 0 Å². The summed E-state index contributed by atoms with van der Waals surface area (Å²) in [7, 11) is 0. The van der Waals surface area contributed by atoms with Gasteiger partial charge in [0.15, 0.2) is 5.82 Å². The van der Waals surface area contributed by atoms with Crippen molar-refractivity contribution in [3.63, 3.8) is 0 Å².